The van der Waals surface area contributed by atoms with E-state index in [-0.39, 0.29) is 12.5 Å². The first-order chi connectivity index (χ1) is 29.8. The molecule has 0 bridgehead atoms. The third-order valence-corrected chi connectivity index (χ3v) is 11.6. The van der Waals surface area contributed by atoms with E-state index in [0.29, 0.717) is 12.8 Å². The second-order valence-electron chi connectivity index (χ2n) is 17.2. The molecule has 7 unspecified atom stereocenters. The predicted octanol–water partition coefficient (Wildman–Crippen LogP) is 11.2. The molecule has 0 aliphatic carbocycles. The van der Waals surface area contributed by atoms with Crippen molar-refractivity contribution >= 4 is 5.91 Å². The van der Waals surface area contributed by atoms with Crippen molar-refractivity contribution < 1.29 is 39.8 Å². The summed E-state index contributed by atoms with van der Waals surface area (Å²) < 4.78 is 11.3. The van der Waals surface area contributed by atoms with Crippen molar-refractivity contribution in [1.82, 2.24) is 5.32 Å². The molecule has 61 heavy (non-hydrogen) atoms. The average Bonchev–Trinajstić information content (AvgIpc) is 3.26. The van der Waals surface area contributed by atoms with Crippen LogP contribution < -0.4 is 5.32 Å². The Hall–Kier alpha value is -2.11. The highest BCUT2D eigenvalue weighted by molar-refractivity contribution is 5.76. The lowest BCUT2D eigenvalue weighted by molar-refractivity contribution is -0.302. The molecule has 1 rings (SSSR count). The van der Waals surface area contributed by atoms with Crippen LogP contribution in [-0.2, 0) is 14.3 Å². The number of hydrogen-bond acceptors (Lipinski definition) is 8. The summed E-state index contributed by atoms with van der Waals surface area (Å²) in [6.45, 7) is 3.71. The van der Waals surface area contributed by atoms with Crippen LogP contribution in [0.25, 0.3) is 0 Å². The van der Waals surface area contributed by atoms with Crippen molar-refractivity contribution in [1.29, 1.82) is 0 Å². The number of allylic oxidation sites excluding steroid dienone is 10. The maximum atomic E-state index is 13.0. The highest BCUT2D eigenvalue weighted by Crippen LogP contribution is 2.23. The first kappa shape index (κ1) is 56.9. The number of carbonyl (C=O) groups excluding carboxylic acids is 1. The minimum Gasteiger partial charge on any atom is -0.394 e. The molecule has 0 radical (unpaired) electrons. The van der Waals surface area contributed by atoms with Gasteiger partial charge in [0.05, 0.1) is 25.4 Å². The molecule has 6 N–H and O–H groups in total. The standard InChI is InChI=1S/C52H93NO8/c1-3-5-7-9-11-13-15-17-18-19-20-21-22-23-24-25-26-27-28-30-32-34-36-38-40-42-48(56)53-45(44-60-52-51(59)50(58)49(57)47(43-54)61-52)46(55)41-39-37-35-33-31-29-16-14-12-10-8-6-4-2/h5,7,11,13,17-18,20-21,23-24,45-47,49-52,54-55,57-59H,3-4,6,8-10,12,14-16,19,22,25-44H2,1-2H3,(H,53,56)/b7-5-,13-11-,18-17-,21-20-,24-23-. The molecule has 0 saturated carbocycles. The summed E-state index contributed by atoms with van der Waals surface area (Å²) in [6.07, 6.45) is 48.0. The van der Waals surface area contributed by atoms with E-state index in [0.717, 1.165) is 77.0 Å². The minimum absolute atomic E-state index is 0.142. The first-order valence-corrected chi connectivity index (χ1v) is 25.0. The molecule has 1 amide bonds. The monoisotopic (exact) mass is 860 g/mol. The van der Waals surface area contributed by atoms with Gasteiger partial charge in [0.25, 0.3) is 0 Å². The van der Waals surface area contributed by atoms with Gasteiger partial charge in [0, 0.05) is 6.42 Å². The quantitative estimate of drug-likeness (QED) is 0.0263. The van der Waals surface area contributed by atoms with Gasteiger partial charge in [0.15, 0.2) is 6.29 Å². The zero-order chi connectivity index (χ0) is 44.4. The number of unbranched alkanes of at least 4 members (excludes halogenated alkanes) is 21. The highest BCUT2D eigenvalue weighted by atomic mass is 16.7. The van der Waals surface area contributed by atoms with Crippen LogP contribution in [0.4, 0.5) is 0 Å². The van der Waals surface area contributed by atoms with Gasteiger partial charge in [-0.15, -0.1) is 0 Å². The van der Waals surface area contributed by atoms with Crippen LogP contribution in [0.1, 0.15) is 206 Å². The molecular formula is C52H93NO8. The number of aliphatic hydroxyl groups excluding tert-OH is 5. The maximum Gasteiger partial charge on any atom is 0.220 e. The molecule has 354 valence electrons. The van der Waals surface area contributed by atoms with E-state index in [1.54, 1.807) is 0 Å². The van der Waals surface area contributed by atoms with Crippen molar-refractivity contribution in [3.05, 3.63) is 60.8 Å². The van der Waals surface area contributed by atoms with Crippen LogP contribution in [-0.4, -0.2) is 87.5 Å². The van der Waals surface area contributed by atoms with Gasteiger partial charge in [0.2, 0.25) is 5.91 Å². The molecule has 1 heterocycles. The lowest BCUT2D eigenvalue weighted by atomic mass is 9.99. The van der Waals surface area contributed by atoms with Gasteiger partial charge in [0.1, 0.15) is 24.4 Å². The van der Waals surface area contributed by atoms with Gasteiger partial charge in [-0.3, -0.25) is 4.79 Å². The Bertz CT molecular complexity index is 1140. The van der Waals surface area contributed by atoms with Crippen molar-refractivity contribution in [2.45, 2.75) is 249 Å². The normalized spacial score (nSPS) is 20.9. The van der Waals surface area contributed by atoms with Crippen LogP contribution in [0.15, 0.2) is 60.8 Å². The maximum absolute atomic E-state index is 13.0. The second-order valence-corrected chi connectivity index (χ2v) is 17.2. The predicted molar refractivity (Wildman–Crippen MR) is 253 cm³/mol. The number of nitrogens with one attached hydrogen (secondary N) is 1. The molecule has 0 aromatic carbocycles. The van der Waals surface area contributed by atoms with E-state index in [1.807, 2.05) is 0 Å². The smallest absolute Gasteiger partial charge is 0.220 e. The third-order valence-electron chi connectivity index (χ3n) is 11.6. The molecule has 1 aliphatic rings. The summed E-state index contributed by atoms with van der Waals surface area (Å²) in [6, 6.07) is -0.724. The Morgan fingerprint density at radius 2 is 1.02 bits per heavy atom. The van der Waals surface area contributed by atoms with Gasteiger partial charge >= 0.3 is 0 Å². The van der Waals surface area contributed by atoms with Crippen molar-refractivity contribution in [3.63, 3.8) is 0 Å². The van der Waals surface area contributed by atoms with Gasteiger partial charge in [-0.25, -0.2) is 0 Å². The Morgan fingerprint density at radius 3 is 1.51 bits per heavy atom. The van der Waals surface area contributed by atoms with Crippen molar-refractivity contribution in [2.75, 3.05) is 13.2 Å². The van der Waals surface area contributed by atoms with Crippen LogP contribution in [0, 0.1) is 0 Å². The van der Waals surface area contributed by atoms with Crippen LogP contribution in [0.2, 0.25) is 0 Å². The van der Waals surface area contributed by atoms with Crippen molar-refractivity contribution in [2.24, 2.45) is 0 Å². The number of ether oxygens (including phenoxy) is 2. The molecule has 1 fully saturated rings. The summed E-state index contributed by atoms with van der Waals surface area (Å²) in [5.41, 5.74) is 0. The lowest BCUT2D eigenvalue weighted by Gasteiger charge is -2.40. The SMILES string of the molecule is CC/C=C\C/C=C\C/C=C\C/C=C\C/C=C\CCCCCCCCCCCC(=O)NC(COC1OC(CO)C(O)C(O)C1O)C(O)CCCCCCCCCCCCCCC. The lowest BCUT2D eigenvalue weighted by Crippen LogP contribution is -2.60. The van der Waals surface area contributed by atoms with Crippen LogP contribution >= 0.6 is 0 Å². The van der Waals surface area contributed by atoms with E-state index in [2.05, 4.69) is 79.9 Å². The molecule has 0 aromatic heterocycles. The summed E-state index contributed by atoms with van der Waals surface area (Å²) in [7, 11) is 0. The Balaban J connectivity index is 2.25. The summed E-state index contributed by atoms with van der Waals surface area (Å²) in [4.78, 5) is 13.0. The average molecular weight is 860 g/mol. The molecular weight excluding hydrogens is 767 g/mol. The van der Waals surface area contributed by atoms with E-state index in [1.165, 1.54) is 103 Å². The topological polar surface area (TPSA) is 149 Å². The largest absolute Gasteiger partial charge is 0.394 e. The molecule has 0 spiro atoms. The molecule has 7 atom stereocenters. The molecule has 0 aromatic rings. The van der Waals surface area contributed by atoms with Gasteiger partial charge in [-0.05, 0) is 57.8 Å². The van der Waals surface area contributed by atoms with Gasteiger partial charge in [-0.1, -0.05) is 203 Å². The van der Waals surface area contributed by atoms with Crippen molar-refractivity contribution in [3.8, 4) is 0 Å². The van der Waals surface area contributed by atoms with Crippen LogP contribution in [0.3, 0.4) is 0 Å². The Kier molecular flexibility index (Phi) is 39.1. The second kappa shape index (κ2) is 41.9. The zero-order valence-electron chi connectivity index (χ0n) is 38.9. The van der Waals surface area contributed by atoms with E-state index < -0.39 is 49.5 Å². The Morgan fingerprint density at radius 1 is 0.574 bits per heavy atom. The highest BCUT2D eigenvalue weighted by Gasteiger charge is 2.44. The van der Waals surface area contributed by atoms with Gasteiger partial charge < -0.3 is 40.3 Å². The summed E-state index contributed by atoms with van der Waals surface area (Å²) >= 11 is 0. The Labute approximate surface area is 373 Å². The fraction of sp³-hybridized carbons (Fsp3) is 0.788. The van der Waals surface area contributed by atoms with E-state index in [9.17, 15) is 30.3 Å². The zero-order valence-corrected chi connectivity index (χ0v) is 38.9. The number of amides is 1. The number of rotatable bonds is 41. The molecule has 1 aliphatic heterocycles. The number of carbonyl (C=O) groups is 1. The minimum atomic E-state index is -1.56. The van der Waals surface area contributed by atoms with Gasteiger partial charge in [-0.2, -0.15) is 0 Å². The number of aliphatic hydroxyl groups is 5. The molecule has 9 nitrogen and oxygen atoms in total. The molecule has 9 heteroatoms. The number of hydrogen-bond donors (Lipinski definition) is 6. The van der Waals surface area contributed by atoms with E-state index in [4.69, 9.17) is 9.47 Å². The first-order valence-electron chi connectivity index (χ1n) is 25.0. The molecule has 1 saturated heterocycles. The summed E-state index contributed by atoms with van der Waals surface area (Å²) in [5.74, 6) is -0.153. The summed E-state index contributed by atoms with van der Waals surface area (Å²) in [5, 5.41) is 54.4. The van der Waals surface area contributed by atoms with Crippen LogP contribution in [0.5, 0.6) is 0 Å². The van der Waals surface area contributed by atoms with E-state index >= 15 is 0 Å². The third kappa shape index (κ3) is 32.2. The fourth-order valence-electron chi connectivity index (χ4n) is 7.66. The fourth-order valence-corrected chi connectivity index (χ4v) is 7.66.